The molecule has 2 amide bonds. The van der Waals surface area contributed by atoms with Crippen molar-refractivity contribution in [3.05, 3.63) is 73.4 Å². The van der Waals surface area contributed by atoms with Gasteiger partial charge in [-0.15, -0.1) is 0 Å². The Balaban J connectivity index is 1.66. The van der Waals surface area contributed by atoms with Crippen LogP contribution in [-0.2, 0) is 17.9 Å². The molecule has 0 radical (unpaired) electrons. The van der Waals surface area contributed by atoms with Crippen molar-refractivity contribution in [1.82, 2.24) is 14.5 Å². The second-order valence-corrected chi connectivity index (χ2v) is 8.59. The zero-order valence-corrected chi connectivity index (χ0v) is 20.5. The monoisotopic (exact) mass is 495 g/mol. The van der Waals surface area contributed by atoms with E-state index in [4.69, 9.17) is 16.9 Å². The number of fused-ring (bicyclic) bond motifs is 1. The van der Waals surface area contributed by atoms with Crippen molar-refractivity contribution in [2.45, 2.75) is 40.3 Å². The molecule has 0 aliphatic rings. The van der Waals surface area contributed by atoms with E-state index in [1.807, 2.05) is 19.9 Å². The molecule has 0 saturated carbocycles. The normalized spacial score (nSPS) is 11.6. The predicted molar refractivity (Wildman–Crippen MR) is 135 cm³/mol. The van der Waals surface area contributed by atoms with Crippen molar-refractivity contribution in [1.29, 1.82) is 5.26 Å². The largest absolute Gasteiger partial charge is 0.352 e. The quantitative estimate of drug-likeness (QED) is 0.496. The Kier molecular flexibility index (Phi) is 8.10. The zero-order chi connectivity index (χ0) is 25.7. The summed E-state index contributed by atoms with van der Waals surface area (Å²) in [5, 5.41) is 15.0. The van der Waals surface area contributed by atoms with Gasteiger partial charge in [-0.3, -0.25) is 23.5 Å². The van der Waals surface area contributed by atoms with E-state index >= 15 is 0 Å². The van der Waals surface area contributed by atoms with E-state index in [9.17, 15) is 19.2 Å². The van der Waals surface area contributed by atoms with E-state index < -0.39 is 5.56 Å². The SMILES string of the molecule is CCn1c(=O)c2cc(C(=O)NCC(C)CC(=O)Nc3ccc(C#N)c(Cl)c3)ccc2n(CC)c1=O. The fourth-order valence-electron chi connectivity index (χ4n) is 3.80. The number of amides is 2. The minimum atomic E-state index is -0.431. The van der Waals surface area contributed by atoms with Gasteiger partial charge in [-0.25, -0.2) is 4.79 Å². The smallest absolute Gasteiger partial charge is 0.331 e. The maximum absolute atomic E-state index is 12.8. The average molecular weight is 496 g/mol. The molecule has 1 unspecified atom stereocenters. The first-order valence-corrected chi connectivity index (χ1v) is 11.6. The van der Waals surface area contributed by atoms with Crippen LogP contribution in [0.5, 0.6) is 0 Å². The number of nitriles is 1. The number of carbonyl (C=O) groups is 2. The molecule has 3 rings (SSSR count). The Morgan fingerprint density at radius 2 is 1.80 bits per heavy atom. The van der Waals surface area contributed by atoms with Gasteiger partial charge in [0.25, 0.3) is 11.5 Å². The number of anilines is 1. The molecule has 1 aromatic heterocycles. The zero-order valence-electron chi connectivity index (χ0n) is 19.7. The highest BCUT2D eigenvalue weighted by Gasteiger charge is 2.16. The van der Waals surface area contributed by atoms with Gasteiger partial charge in [-0.05, 0) is 56.2 Å². The molecule has 10 heteroatoms. The third-order valence-electron chi connectivity index (χ3n) is 5.64. The first-order chi connectivity index (χ1) is 16.7. The van der Waals surface area contributed by atoms with Crippen molar-refractivity contribution in [2.75, 3.05) is 11.9 Å². The third-order valence-corrected chi connectivity index (χ3v) is 5.95. The average Bonchev–Trinajstić information content (AvgIpc) is 2.83. The summed E-state index contributed by atoms with van der Waals surface area (Å²) >= 11 is 5.99. The molecule has 9 nitrogen and oxygen atoms in total. The highest BCUT2D eigenvalue weighted by atomic mass is 35.5. The molecule has 2 N–H and O–H groups in total. The minimum Gasteiger partial charge on any atom is -0.352 e. The summed E-state index contributed by atoms with van der Waals surface area (Å²) in [4.78, 5) is 50.3. The van der Waals surface area contributed by atoms with Crippen LogP contribution in [0, 0.1) is 17.2 Å². The summed E-state index contributed by atoms with van der Waals surface area (Å²) < 4.78 is 2.65. The molecule has 0 bridgehead atoms. The summed E-state index contributed by atoms with van der Waals surface area (Å²) in [6.45, 7) is 6.24. The molecule has 1 heterocycles. The van der Waals surface area contributed by atoms with E-state index in [2.05, 4.69) is 10.6 Å². The fraction of sp³-hybridized carbons (Fsp3) is 0.320. The van der Waals surface area contributed by atoms with Crippen LogP contribution < -0.4 is 21.9 Å². The second-order valence-electron chi connectivity index (χ2n) is 8.18. The van der Waals surface area contributed by atoms with Crippen LogP contribution in [0.25, 0.3) is 10.9 Å². The van der Waals surface area contributed by atoms with E-state index in [1.165, 1.54) is 22.8 Å². The van der Waals surface area contributed by atoms with Crippen molar-refractivity contribution in [3.8, 4) is 6.07 Å². The van der Waals surface area contributed by atoms with Gasteiger partial charge >= 0.3 is 5.69 Å². The Morgan fingerprint density at radius 3 is 2.43 bits per heavy atom. The van der Waals surface area contributed by atoms with Gasteiger partial charge in [0.2, 0.25) is 5.91 Å². The summed E-state index contributed by atoms with van der Waals surface area (Å²) in [5.41, 5.74) is 0.773. The molecule has 0 saturated heterocycles. The van der Waals surface area contributed by atoms with Crippen molar-refractivity contribution in [2.24, 2.45) is 5.92 Å². The van der Waals surface area contributed by atoms with Gasteiger partial charge in [-0.2, -0.15) is 5.26 Å². The van der Waals surface area contributed by atoms with Crippen LogP contribution in [0.3, 0.4) is 0 Å². The lowest BCUT2D eigenvalue weighted by atomic mass is 10.1. The molecule has 35 heavy (non-hydrogen) atoms. The number of rotatable bonds is 8. The molecular weight excluding hydrogens is 470 g/mol. The first kappa shape index (κ1) is 25.7. The Morgan fingerprint density at radius 1 is 1.09 bits per heavy atom. The van der Waals surface area contributed by atoms with Crippen molar-refractivity contribution in [3.63, 3.8) is 0 Å². The Hall–Kier alpha value is -3.90. The number of aromatic nitrogens is 2. The van der Waals surface area contributed by atoms with Crippen LogP contribution in [-0.4, -0.2) is 27.5 Å². The summed E-state index contributed by atoms with van der Waals surface area (Å²) in [6, 6.07) is 11.3. The highest BCUT2D eigenvalue weighted by molar-refractivity contribution is 6.32. The number of hydrogen-bond acceptors (Lipinski definition) is 5. The summed E-state index contributed by atoms with van der Waals surface area (Å²) in [5.74, 6) is -0.804. The topological polar surface area (TPSA) is 126 Å². The molecule has 0 aliphatic carbocycles. The molecule has 0 aliphatic heterocycles. The maximum atomic E-state index is 12.8. The second kappa shape index (κ2) is 11.0. The van der Waals surface area contributed by atoms with Crippen LogP contribution in [0.2, 0.25) is 5.02 Å². The van der Waals surface area contributed by atoms with Crippen LogP contribution in [0.4, 0.5) is 5.69 Å². The van der Waals surface area contributed by atoms with Crippen molar-refractivity contribution >= 4 is 40.0 Å². The highest BCUT2D eigenvalue weighted by Crippen LogP contribution is 2.20. The fourth-order valence-corrected chi connectivity index (χ4v) is 4.03. The molecule has 182 valence electrons. The molecular formula is C25H26ClN5O4. The minimum absolute atomic E-state index is 0.152. The number of benzene rings is 2. The lowest BCUT2D eigenvalue weighted by molar-refractivity contribution is -0.116. The van der Waals surface area contributed by atoms with Gasteiger partial charge in [0.05, 0.1) is 21.5 Å². The number of aryl methyl sites for hydroxylation is 1. The van der Waals surface area contributed by atoms with E-state index in [-0.39, 0.29) is 48.0 Å². The van der Waals surface area contributed by atoms with Crippen molar-refractivity contribution < 1.29 is 9.59 Å². The van der Waals surface area contributed by atoms with Gasteiger partial charge in [0, 0.05) is 37.3 Å². The van der Waals surface area contributed by atoms with Crippen LogP contribution in [0.1, 0.15) is 43.1 Å². The van der Waals surface area contributed by atoms with Crippen LogP contribution in [0.15, 0.2) is 46.0 Å². The van der Waals surface area contributed by atoms with Gasteiger partial charge in [-0.1, -0.05) is 18.5 Å². The Labute approximate surface area is 206 Å². The van der Waals surface area contributed by atoms with E-state index in [0.717, 1.165) is 4.57 Å². The van der Waals surface area contributed by atoms with Gasteiger partial charge in [0.1, 0.15) is 6.07 Å². The van der Waals surface area contributed by atoms with Gasteiger partial charge in [0.15, 0.2) is 0 Å². The predicted octanol–water partition coefficient (Wildman–Crippen LogP) is 3.12. The lowest BCUT2D eigenvalue weighted by Crippen LogP contribution is -2.39. The van der Waals surface area contributed by atoms with E-state index in [1.54, 1.807) is 25.1 Å². The molecule has 0 spiro atoms. The van der Waals surface area contributed by atoms with E-state index in [0.29, 0.717) is 34.3 Å². The molecule has 3 aromatic rings. The molecule has 2 aromatic carbocycles. The lowest BCUT2D eigenvalue weighted by Gasteiger charge is -2.14. The molecule has 1 atom stereocenters. The summed E-state index contributed by atoms with van der Waals surface area (Å²) in [6.07, 6.45) is 0.152. The number of carbonyl (C=O) groups excluding carboxylic acids is 2. The van der Waals surface area contributed by atoms with Crippen LogP contribution >= 0.6 is 11.6 Å². The van der Waals surface area contributed by atoms with Gasteiger partial charge < -0.3 is 10.6 Å². The maximum Gasteiger partial charge on any atom is 0.331 e. The number of hydrogen-bond donors (Lipinski definition) is 2. The summed E-state index contributed by atoms with van der Waals surface area (Å²) in [7, 11) is 0. The molecule has 0 fully saturated rings. The third kappa shape index (κ3) is 5.61. The number of nitrogens with zero attached hydrogens (tertiary/aromatic N) is 3. The number of halogens is 1. The standard InChI is InChI=1S/C25H26ClN5O4/c1-4-30-21-9-7-16(11-19(21)24(34)31(5-2)25(30)35)23(33)28-14-15(3)10-22(32)29-18-8-6-17(13-27)20(26)12-18/h6-9,11-12,15H,4-5,10,14H2,1-3H3,(H,28,33)(H,29,32). The number of nitrogens with one attached hydrogen (secondary N) is 2. The first-order valence-electron chi connectivity index (χ1n) is 11.2. The Bertz CT molecular complexity index is 1450.